The summed E-state index contributed by atoms with van der Waals surface area (Å²) in [5, 5.41) is 0. The van der Waals surface area contributed by atoms with Crippen LogP contribution < -0.4 is 10.5 Å². The number of hydrogen-bond donors (Lipinski definition) is 2. The van der Waals surface area contributed by atoms with Crippen LogP contribution >= 0.6 is 0 Å². The standard InChI is InChI=1S/C14H17N3O2S/c1-11-2-7-14(16-10-11)17-20(18,19)13-5-3-12(4-6-13)8-9-15/h2-7,10H,8-9,15H2,1H3,(H,16,17). The predicted molar refractivity (Wildman–Crippen MR) is 79.0 cm³/mol. The second kappa shape index (κ2) is 6.02. The van der Waals surface area contributed by atoms with Crippen molar-refractivity contribution in [2.75, 3.05) is 11.3 Å². The van der Waals surface area contributed by atoms with Crippen LogP contribution in [-0.2, 0) is 16.4 Å². The topological polar surface area (TPSA) is 85.1 Å². The van der Waals surface area contributed by atoms with Crippen LogP contribution in [0.5, 0.6) is 0 Å². The average Bonchev–Trinajstić information content (AvgIpc) is 2.42. The highest BCUT2D eigenvalue weighted by Crippen LogP contribution is 2.15. The van der Waals surface area contributed by atoms with Gasteiger partial charge in [-0.25, -0.2) is 13.4 Å². The number of nitrogens with one attached hydrogen (secondary N) is 1. The molecule has 1 aromatic carbocycles. The van der Waals surface area contributed by atoms with Gasteiger partial charge in [-0.1, -0.05) is 18.2 Å². The number of aromatic nitrogens is 1. The summed E-state index contributed by atoms with van der Waals surface area (Å²) in [7, 11) is -3.60. The Kier molecular flexibility index (Phi) is 4.36. The van der Waals surface area contributed by atoms with Crippen LogP contribution in [-0.4, -0.2) is 19.9 Å². The lowest BCUT2D eigenvalue weighted by molar-refractivity contribution is 0.601. The van der Waals surface area contributed by atoms with Crippen LogP contribution in [0.3, 0.4) is 0 Å². The van der Waals surface area contributed by atoms with Crippen LogP contribution in [0.25, 0.3) is 0 Å². The Morgan fingerprint density at radius 1 is 1.15 bits per heavy atom. The lowest BCUT2D eigenvalue weighted by Crippen LogP contribution is -2.14. The van der Waals surface area contributed by atoms with Crippen LogP contribution in [0.2, 0.25) is 0 Å². The van der Waals surface area contributed by atoms with E-state index in [1.165, 1.54) is 0 Å². The first-order valence-electron chi connectivity index (χ1n) is 6.26. The molecule has 5 nitrogen and oxygen atoms in total. The zero-order chi connectivity index (χ0) is 14.6. The van der Waals surface area contributed by atoms with E-state index in [0.29, 0.717) is 12.4 Å². The van der Waals surface area contributed by atoms with E-state index in [2.05, 4.69) is 9.71 Å². The zero-order valence-corrected chi connectivity index (χ0v) is 12.0. The molecule has 106 valence electrons. The van der Waals surface area contributed by atoms with Gasteiger partial charge in [0.25, 0.3) is 10.0 Å². The number of sulfonamides is 1. The molecular weight excluding hydrogens is 274 g/mol. The molecule has 0 aliphatic carbocycles. The number of nitrogens with two attached hydrogens (primary N) is 1. The summed E-state index contributed by atoms with van der Waals surface area (Å²) in [5.74, 6) is 0.307. The molecule has 1 heterocycles. The van der Waals surface area contributed by atoms with Gasteiger partial charge in [0.1, 0.15) is 5.82 Å². The summed E-state index contributed by atoms with van der Waals surface area (Å²) in [4.78, 5) is 4.24. The molecule has 1 aromatic heterocycles. The van der Waals surface area contributed by atoms with Gasteiger partial charge >= 0.3 is 0 Å². The molecule has 0 atom stereocenters. The summed E-state index contributed by atoms with van der Waals surface area (Å²) < 4.78 is 26.8. The first-order valence-corrected chi connectivity index (χ1v) is 7.74. The van der Waals surface area contributed by atoms with Crippen molar-refractivity contribution in [3.8, 4) is 0 Å². The molecule has 0 spiro atoms. The number of aryl methyl sites for hydroxylation is 1. The molecule has 0 radical (unpaired) electrons. The van der Waals surface area contributed by atoms with Crippen molar-refractivity contribution in [1.29, 1.82) is 0 Å². The number of benzene rings is 1. The quantitative estimate of drug-likeness (QED) is 0.878. The van der Waals surface area contributed by atoms with Gasteiger partial charge in [0.2, 0.25) is 0 Å². The third kappa shape index (κ3) is 3.55. The first kappa shape index (κ1) is 14.5. The highest BCUT2D eigenvalue weighted by Gasteiger charge is 2.14. The summed E-state index contributed by atoms with van der Waals surface area (Å²) in [6.45, 7) is 2.43. The first-order chi connectivity index (χ1) is 9.51. The molecule has 0 fully saturated rings. The van der Waals surface area contributed by atoms with E-state index in [-0.39, 0.29) is 4.90 Å². The molecule has 0 saturated heterocycles. The molecule has 0 aliphatic rings. The fraction of sp³-hybridized carbons (Fsp3) is 0.214. The Hall–Kier alpha value is -1.92. The minimum absolute atomic E-state index is 0.209. The number of anilines is 1. The molecule has 0 amide bonds. The normalized spacial score (nSPS) is 11.3. The molecule has 6 heteroatoms. The maximum atomic E-state index is 12.2. The van der Waals surface area contributed by atoms with E-state index >= 15 is 0 Å². The predicted octanol–water partition coefficient (Wildman–Crippen LogP) is 1.69. The van der Waals surface area contributed by atoms with E-state index in [1.54, 1.807) is 42.6 Å². The van der Waals surface area contributed by atoms with E-state index in [0.717, 1.165) is 17.5 Å². The lowest BCUT2D eigenvalue weighted by atomic mass is 10.2. The van der Waals surface area contributed by atoms with Gasteiger partial charge in [-0.15, -0.1) is 0 Å². The van der Waals surface area contributed by atoms with E-state index < -0.39 is 10.0 Å². The van der Waals surface area contributed by atoms with Gasteiger partial charge in [0.05, 0.1) is 4.90 Å². The van der Waals surface area contributed by atoms with Gasteiger partial charge in [0, 0.05) is 6.20 Å². The average molecular weight is 291 g/mol. The Balaban J connectivity index is 2.19. The monoisotopic (exact) mass is 291 g/mol. The third-order valence-electron chi connectivity index (χ3n) is 2.82. The van der Waals surface area contributed by atoms with E-state index in [1.807, 2.05) is 6.92 Å². The number of pyridine rings is 1. The summed E-state index contributed by atoms with van der Waals surface area (Å²) in [6, 6.07) is 10.1. The van der Waals surface area contributed by atoms with Crippen molar-refractivity contribution in [1.82, 2.24) is 4.98 Å². The molecule has 20 heavy (non-hydrogen) atoms. The minimum Gasteiger partial charge on any atom is -0.330 e. The van der Waals surface area contributed by atoms with Crippen molar-refractivity contribution in [3.05, 3.63) is 53.7 Å². The Morgan fingerprint density at radius 3 is 2.40 bits per heavy atom. The van der Waals surface area contributed by atoms with Gasteiger partial charge in [-0.05, 0) is 49.2 Å². The molecule has 0 saturated carbocycles. The highest BCUT2D eigenvalue weighted by atomic mass is 32.2. The van der Waals surface area contributed by atoms with Crippen molar-refractivity contribution < 1.29 is 8.42 Å². The largest absolute Gasteiger partial charge is 0.330 e. The fourth-order valence-electron chi connectivity index (χ4n) is 1.73. The van der Waals surface area contributed by atoms with Gasteiger partial charge in [0.15, 0.2) is 0 Å². The summed E-state index contributed by atoms with van der Waals surface area (Å²) in [5.41, 5.74) is 7.45. The molecule has 2 rings (SSSR count). The second-order valence-corrected chi connectivity index (χ2v) is 6.19. The fourth-order valence-corrected chi connectivity index (χ4v) is 2.74. The van der Waals surface area contributed by atoms with Crippen LogP contribution in [0, 0.1) is 6.92 Å². The number of nitrogens with zero attached hydrogens (tertiary/aromatic N) is 1. The van der Waals surface area contributed by atoms with Crippen molar-refractivity contribution in [2.45, 2.75) is 18.2 Å². The second-order valence-electron chi connectivity index (χ2n) is 4.51. The van der Waals surface area contributed by atoms with Crippen molar-refractivity contribution in [2.24, 2.45) is 5.73 Å². The smallest absolute Gasteiger partial charge is 0.263 e. The molecule has 0 unspecified atom stereocenters. The number of rotatable bonds is 5. The van der Waals surface area contributed by atoms with E-state index in [9.17, 15) is 8.42 Å². The van der Waals surface area contributed by atoms with Crippen LogP contribution in [0.1, 0.15) is 11.1 Å². The summed E-state index contributed by atoms with van der Waals surface area (Å²) >= 11 is 0. The highest BCUT2D eigenvalue weighted by molar-refractivity contribution is 7.92. The zero-order valence-electron chi connectivity index (χ0n) is 11.2. The van der Waals surface area contributed by atoms with Gasteiger partial charge in [-0.3, -0.25) is 4.72 Å². The molecule has 3 N–H and O–H groups in total. The van der Waals surface area contributed by atoms with Gasteiger partial charge < -0.3 is 5.73 Å². The van der Waals surface area contributed by atoms with Gasteiger partial charge in [-0.2, -0.15) is 0 Å². The summed E-state index contributed by atoms with van der Waals surface area (Å²) in [6.07, 6.45) is 2.34. The Morgan fingerprint density at radius 2 is 1.85 bits per heavy atom. The minimum atomic E-state index is -3.60. The lowest BCUT2D eigenvalue weighted by Gasteiger charge is -2.08. The third-order valence-corrected chi connectivity index (χ3v) is 4.19. The molecule has 0 aliphatic heterocycles. The maximum absolute atomic E-state index is 12.2. The molecule has 0 bridgehead atoms. The Labute approximate surface area is 118 Å². The molecular formula is C14H17N3O2S. The van der Waals surface area contributed by atoms with Crippen LogP contribution in [0.15, 0.2) is 47.5 Å². The van der Waals surface area contributed by atoms with E-state index in [4.69, 9.17) is 5.73 Å². The van der Waals surface area contributed by atoms with Crippen molar-refractivity contribution >= 4 is 15.8 Å². The molecule has 2 aromatic rings. The SMILES string of the molecule is Cc1ccc(NS(=O)(=O)c2ccc(CCN)cc2)nc1. The van der Waals surface area contributed by atoms with Crippen LogP contribution in [0.4, 0.5) is 5.82 Å². The Bertz CT molecular complexity index is 665. The van der Waals surface area contributed by atoms with Crippen molar-refractivity contribution in [3.63, 3.8) is 0 Å². The number of hydrogen-bond acceptors (Lipinski definition) is 4. The maximum Gasteiger partial charge on any atom is 0.263 e.